The monoisotopic (exact) mass is 592 g/mol. The number of para-hydroxylation sites is 1. The van der Waals surface area contributed by atoms with Gasteiger partial charge in [-0.25, -0.2) is 19.4 Å². The molecule has 2 aliphatic rings. The Morgan fingerprint density at radius 3 is 2.28 bits per heavy atom. The zero-order chi connectivity index (χ0) is 30.1. The van der Waals surface area contributed by atoms with Crippen LogP contribution in [0.4, 0.5) is 19.0 Å². The van der Waals surface area contributed by atoms with E-state index in [1.807, 2.05) is 59.3 Å². The molecule has 0 amide bonds. The SMILES string of the molecule is Nc1ncnc2c1c(-c1ccc(Oc3ccccc3)cc1)nn2-c1ccn(C2CN(C3CNC3)C2)c1.O=C(O)C(F)(F)F. The quantitative estimate of drug-likeness (QED) is 0.266. The molecule has 0 spiro atoms. The van der Waals surface area contributed by atoms with Gasteiger partial charge in [-0.2, -0.15) is 18.3 Å². The number of nitrogens with one attached hydrogen (secondary N) is 1. The van der Waals surface area contributed by atoms with E-state index in [0.717, 1.165) is 60.0 Å². The van der Waals surface area contributed by atoms with E-state index in [9.17, 15) is 13.2 Å². The molecule has 2 saturated heterocycles. The van der Waals surface area contributed by atoms with Crippen LogP contribution in [-0.4, -0.2) is 78.7 Å². The van der Waals surface area contributed by atoms with Crippen LogP contribution in [0.5, 0.6) is 11.5 Å². The Labute approximate surface area is 243 Å². The first-order chi connectivity index (χ1) is 20.7. The highest BCUT2D eigenvalue weighted by Gasteiger charge is 2.38. The van der Waals surface area contributed by atoms with Gasteiger partial charge in [-0.05, 0) is 42.5 Å². The van der Waals surface area contributed by atoms with E-state index >= 15 is 0 Å². The van der Waals surface area contributed by atoms with Crippen molar-refractivity contribution in [3.8, 4) is 28.4 Å². The standard InChI is InChI=1S/C27H26N8O.C2HF3O2/c28-26-24-25(18-6-8-23(9-7-18)36-22-4-2-1-3-5-22)32-35(27(24)31-17-30-26)19-10-11-33(14-19)21-15-34(16-21)20-12-29-13-20;3-2(4,5)1(6)7/h1-11,14,17,20-21,29H,12-13,15-16H2,(H2,28,30,31);(H,6,7). The lowest BCUT2D eigenvalue weighted by atomic mass is 10.0. The van der Waals surface area contributed by atoms with Crippen LogP contribution in [0.25, 0.3) is 28.0 Å². The molecule has 0 radical (unpaired) electrons. The second-order valence-electron chi connectivity index (χ2n) is 10.2. The van der Waals surface area contributed by atoms with Gasteiger partial charge >= 0.3 is 12.1 Å². The molecule has 0 unspecified atom stereocenters. The molecule has 14 heteroatoms. The van der Waals surface area contributed by atoms with Crippen LogP contribution in [0.15, 0.2) is 79.4 Å². The molecule has 4 N–H and O–H groups in total. The number of nitrogen functional groups attached to an aromatic ring is 1. The van der Waals surface area contributed by atoms with Gasteiger partial charge in [-0.15, -0.1) is 0 Å². The number of benzene rings is 2. The van der Waals surface area contributed by atoms with Crippen LogP contribution < -0.4 is 15.8 Å². The Balaban J connectivity index is 0.000000423. The van der Waals surface area contributed by atoms with E-state index in [0.29, 0.717) is 23.5 Å². The smallest absolute Gasteiger partial charge is 0.475 e. The van der Waals surface area contributed by atoms with Crippen LogP contribution in [0, 0.1) is 0 Å². The Morgan fingerprint density at radius 2 is 1.65 bits per heavy atom. The van der Waals surface area contributed by atoms with Crippen molar-refractivity contribution in [2.75, 3.05) is 31.9 Å². The maximum absolute atomic E-state index is 10.6. The number of nitrogens with zero attached hydrogens (tertiary/aromatic N) is 6. The predicted octanol–water partition coefficient (Wildman–Crippen LogP) is 4.12. The van der Waals surface area contributed by atoms with E-state index < -0.39 is 12.1 Å². The number of aliphatic carboxylic acids is 1. The lowest BCUT2D eigenvalue weighted by molar-refractivity contribution is -0.192. The number of hydrogen-bond acceptors (Lipinski definition) is 8. The normalized spacial score (nSPS) is 15.8. The number of aromatic nitrogens is 5. The van der Waals surface area contributed by atoms with Crippen molar-refractivity contribution >= 4 is 22.8 Å². The van der Waals surface area contributed by atoms with Crippen LogP contribution >= 0.6 is 0 Å². The highest BCUT2D eigenvalue weighted by atomic mass is 19.4. The van der Waals surface area contributed by atoms with E-state index in [4.69, 9.17) is 25.5 Å². The molecule has 2 aromatic carbocycles. The Kier molecular flexibility index (Phi) is 7.46. The topological polar surface area (TPSA) is 136 Å². The summed E-state index contributed by atoms with van der Waals surface area (Å²) in [6.07, 6.45) is 0.681. The van der Waals surface area contributed by atoms with Gasteiger partial charge in [-0.1, -0.05) is 18.2 Å². The summed E-state index contributed by atoms with van der Waals surface area (Å²) in [7, 11) is 0. The molecule has 2 fully saturated rings. The summed E-state index contributed by atoms with van der Waals surface area (Å²) < 4.78 is 41.8. The average Bonchev–Trinajstić information content (AvgIpc) is 3.56. The summed E-state index contributed by atoms with van der Waals surface area (Å²) in [5, 5.41) is 16.2. The zero-order valence-corrected chi connectivity index (χ0v) is 22.6. The lowest BCUT2D eigenvalue weighted by Crippen LogP contribution is -2.63. The van der Waals surface area contributed by atoms with Crippen LogP contribution in [0.3, 0.4) is 0 Å². The molecule has 5 aromatic rings. The summed E-state index contributed by atoms with van der Waals surface area (Å²) >= 11 is 0. The van der Waals surface area contributed by atoms with Crippen LogP contribution in [0.2, 0.25) is 0 Å². The number of fused-ring (bicyclic) bond motifs is 1. The van der Waals surface area contributed by atoms with Gasteiger partial charge in [0.05, 0.1) is 17.1 Å². The van der Waals surface area contributed by atoms with Crippen molar-refractivity contribution in [3.63, 3.8) is 0 Å². The number of ether oxygens (including phenoxy) is 1. The van der Waals surface area contributed by atoms with Gasteiger partial charge in [0, 0.05) is 50.2 Å². The highest BCUT2D eigenvalue weighted by molar-refractivity contribution is 5.98. The van der Waals surface area contributed by atoms with Gasteiger partial charge in [0.1, 0.15) is 29.3 Å². The number of carboxylic acid groups (broad SMARTS) is 1. The van der Waals surface area contributed by atoms with Crippen LogP contribution in [0.1, 0.15) is 6.04 Å². The molecule has 43 heavy (non-hydrogen) atoms. The van der Waals surface area contributed by atoms with Gasteiger partial charge in [0.2, 0.25) is 0 Å². The number of carboxylic acids is 1. The third kappa shape index (κ3) is 5.87. The van der Waals surface area contributed by atoms with Gasteiger partial charge in [-0.3, -0.25) is 4.90 Å². The number of likely N-dealkylation sites (tertiary alicyclic amines) is 1. The maximum atomic E-state index is 10.6. The van der Waals surface area contributed by atoms with Gasteiger partial charge in [0.15, 0.2) is 5.65 Å². The third-order valence-corrected chi connectivity index (χ3v) is 7.37. The van der Waals surface area contributed by atoms with E-state index in [1.165, 1.54) is 6.33 Å². The molecule has 3 aromatic heterocycles. The Bertz CT molecular complexity index is 1730. The molecule has 0 bridgehead atoms. The van der Waals surface area contributed by atoms with Crippen molar-refractivity contribution < 1.29 is 27.8 Å². The number of anilines is 1. The zero-order valence-electron chi connectivity index (χ0n) is 22.6. The number of rotatable bonds is 6. The van der Waals surface area contributed by atoms with Gasteiger partial charge < -0.3 is 25.5 Å². The highest BCUT2D eigenvalue weighted by Crippen LogP contribution is 2.34. The number of nitrogens with two attached hydrogens (primary N) is 1. The van der Waals surface area contributed by atoms with E-state index in [2.05, 4.69) is 43.2 Å². The minimum absolute atomic E-state index is 0.411. The number of hydrogen-bond donors (Lipinski definition) is 3. The maximum Gasteiger partial charge on any atom is 0.490 e. The molecule has 2 aliphatic heterocycles. The molecule has 11 nitrogen and oxygen atoms in total. The minimum atomic E-state index is -5.08. The molecule has 0 aliphatic carbocycles. The first kappa shape index (κ1) is 28.2. The summed E-state index contributed by atoms with van der Waals surface area (Å²) in [5.41, 5.74) is 9.63. The summed E-state index contributed by atoms with van der Waals surface area (Å²) in [6.45, 7) is 4.37. The fraction of sp³-hybridized carbons (Fsp3) is 0.241. The molecule has 7 rings (SSSR count). The molecule has 222 valence electrons. The van der Waals surface area contributed by atoms with Crippen LogP contribution in [-0.2, 0) is 4.79 Å². The van der Waals surface area contributed by atoms with Crippen molar-refractivity contribution in [2.24, 2.45) is 0 Å². The molecule has 5 heterocycles. The fourth-order valence-corrected chi connectivity index (χ4v) is 4.92. The second kappa shape index (κ2) is 11.4. The Hall–Kier alpha value is -4.95. The van der Waals surface area contributed by atoms with Crippen molar-refractivity contribution in [1.29, 1.82) is 0 Å². The third-order valence-electron chi connectivity index (χ3n) is 7.37. The minimum Gasteiger partial charge on any atom is -0.475 e. The van der Waals surface area contributed by atoms with Crippen molar-refractivity contribution in [1.82, 2.24) is 34.5 Å². The lowest BCUT2D eigenvalue weighted by Gasteiger charge is -2.48. The number of halogens is 3. The summed E-state index contributed by atoms with van der Waals surface area (Å²) in [4.78, 5) is 20.2. The molecule has 0 atom stereocenters. The molecule has 0 saturated carbocycles. The average molecular weight is 593 g/mol. The second-order valence-corrected chi connectivity index (χ2v) is 10.2. The predicted molar refractivity (Wildman–Crippen MR) is 152 cm³/mol. The van der Waals surface area contributed by atoms with Crippen molar-refractivity contribution in [3.05, 3.63) is 79.4 Å². The first-order valence-corrected chi connectivity index (χ1v) is 13.4. The molecular formula is C29H27F3N8O3. The van der Waals surface area contributed by atoms with Crippen molar-refractivity contribution in [2.45, 2.75) is 18.3 Å². The Morgan fingerprint density at radius 1 is 0.977 bits per heavy atom. The first-order valence-electron chi connectivity index (χ1n) is 13.4. The molecular weight excluding hydrogens is 565 g/mol. The van der Waals surface area contributed by atoms with E-state index in [-0.39, 0.29) is 0 Å². The summed E-state index contributed by atoms with van der Waals surface area (Å²) in [5.74, 6) is -0.801. The number of alkyl halides is 3. The number of carbonyl (C=O) groups is 1. The van der Waals surface area contributed by atoms with E-state index in [1.54, 1.807) is 0 Å². The summed E-state index contributed by atoms with van der Waals surface area (Å²) in [6, 6.07) is 20.8. The van der Waals surface area contributed by atoms with Gasteiger partial charge in [0.25, 0.3) is 0 Å². The fourth-order valence-electron chi connectivity index (χ4n) is 4.92. The largest absolute Gasteiger partial charge is 0.490 e.